The SMILES string of the molecule is CC(=O)c1ccc(S(=O)(=O)N2CCC(C(=O)NCCSCc3cccs3)CC2)cc1. The molecule has 1 amide bonds. The molecule has 3 rings (SSSR count). The molecule has 0 spiro atoms. The van der Waals surface area contributed by atoms with Crippen LogP contribution in [0.25, 0.3) is 0 Å². The van der Waals surface area contributed by atoms with E-state index in [0.29, 0.717) is 38.0 Å². The summed E-state index contributed by atoms with van der Waals surface area (Å²) < 4.78 is 27.1. The molecule has 1 fully saturated rings. The largest absolute Gasteiger partial charge is 0.355 e. The van der Waals surface area contributed by atoms with E-state index in [1.54, 1.807) is 23.1 Å². The number of hydrogen-bond acceptors (Lipinski definition) is 6. The summed E-state index contributed by atoms with van der Waals surface area (Å²) in [5.74, 6) is 1.56. The fourth-order valence-corrected chi connectivity index (χ4v) is 6.50. The number of thiophene rings is 1. The Kier molecular flexibility index (Phi) is 8.10. The Morgan fingerprint density at radius 3 is 2.47 bits per heavy atom. The van der Waals surface area contributed by atoms with E-state index in [-0.39, 0.29) is 22.5 Å². The van der Waals surface area contributed by atoms with Crippen LogP contribution in [0.2, 0.25) is 0 Å². The normalized spacial score (nSPS) is 15.8. The van der Waals surface area contributed by atoms with E-state index in [9.17, 15) is 18.0 Å². The van der Waals surface area contributed by atoms with Gasteiger partial charge in [0.1, 0.15) is 0 Å². The highest BCUT2D eigenvalue weighted by Crippen LogP contribution is 2.24. The van der Waals surface area contributed by atoms with Gasteiger partial charge in [0.25, 0.3) is 0 Å². The number of sulfonamides is 1. The van der Waals surface area contributed by atoms with Crippen LogP contribution in [0.3, 0.4) is 0 Å². The van der Waals surface area contributed by atoms with Crippen LogP contribution in [0, 0.1) is 5.92 Å². The first-order valence-electron chi connectivity index (χ1n) is 9.87. The van der Waals surface area contributed by atoms with Gasteiger partial charge in [0.15, 0.2) is 5.78 Å². The van der Waals surface area contributed by atoms with Crippen LogP contribution in [0.15, 0.2) is 46.7 Å². The van der Waals surface area contributed by atoms with Gasteiger partial charge in [0.05, 0.1) is 4.90 Å². The predicted octanol–water partition coefficient (Wildman–Crippen LogP) is 3.40. The van der Waals surface area contributed by atoms with Crippen molar-refractivity contribution in [2.24, 2.45) is 5.92 Å². The minimum Gasteiger partial charge on any atom is -0.355 e. The quantitative estimate of drug-likeness (QED) is 0.452. The van der Waals surface area contributed by atoms with Crippen LogP contribution in [0.1, 0.15) is 35.0 Å². The lowest BCUT2D eigenvalue weighted by Gasteiger charge is -2.30. The monoisotopic (exact) mass is 466 g/mol. The highest BCUT2D eigenvalue weighted by atomic mass is 32.2. The average molecular weight is 467 g/mol. The van der Waals surface area contributed by atoms with E-state index in [1.807, 2.05) is 6.07 Å². The number of benzene rings is 1. The summed E-state index contributed by atoms with van der Waals surface area (Å²) in [6.45, 7) is 2.71. The third-order valence-corrected chi connectivity index (χ3v) is 9.07. The van der Waals surface area contributed by atoms with Crippen molar-refractivity contribution >= 4 is 44.8 Å². The molecule has 0 atom stereocenters. The molecule has 30 heavy (non-hydrogen) atoms. The Bertz CT molecular complexity index is 949. The number of Topliss-reactive ketones (excluding diaryl/α,β-unsaturated/α-hetero) is 1. The molecule has 0 saturated carbocycles. The Morgan fingerprint density at radius 1 is 1.17 bits per heavy atom. The molecule has 1 saturated heterocycles. The van der Waals surface area contributed by atoms with E-state index in [0.717, 1.165) is 11.5 Å². The first kappa shape index (κ1) is 23.0. The lowest BCUT2D eigenvalue weighted by Crippen LogP contribution is -2.43. The zero-order chi connectivity index (χ0) is 21.6. The van der Waals surface area contributed by atoms with E-state index in [4.69, 9.17) is 0 Å². The van der Waals surface area contributed by atoms with Crippen molar-refractivity contribution in [1.29, 1.82) is 0 Å². The van der Waals surface area contributed by atoms with E-state index in [1.165, 1.54) is 40.4 Å². The number of thioether (sulfide) groups is 1. The van der Waals surface area contributed by atoms with Crippen molar-refractivity contribution in [3.05, 3.63) is 52.2 Å². The maximum atomic E-state index is 12.8. The van der Waals surface area contributed by atoms with E-state index >= 15 is 0 Å². The second-order valence-electron chi connectivity index (χ2n) is 7.18. The number of piperidine rings is 1. The second kappa shape index (κ2) is 10.6. The van der Waals surface area contributed by atoms with E-state index in [2.05, 4.69) is 16.8 Å². The van der Waals surface area contributed by atoms with Crippen molar-refractivity contribution in [1.82, 2.24) is 9.62 Å². The number of rotatable bonds is 9. The highest BCUT2D eigenvalue weighted by Gasteiger charge is 2.32. The van der Waals surface area contributed by atoms with Gasteiger partial charge in [0.2, 0.25) is 15.9 Å². The first-order chi connectivity index (χ1) is 14.4. The Morgan fingerprint density at radius 2 is 1.87 bits per heavy atom. The minimum absolute atomic E-state index is 0.00887. The maximum Gasteiger partial charge on any atom is 0.243 e. The van der Waals surface area contributed by atoms with Gasteiger partial charge in [-0.2, -0.15) is 16.1 Å². The second-order valence-corrected chi connectivity index (χ2v) is 11.3. The van der Waals surface area contributed by atoms with Gasteiger partial charge in [-0.25, -0.2) is 8.42 Å². The van der Waals surface area contributed by atoms with Gasteiger partial charge in [-0.05, 0) is 43.3 Å². The van der Waals surface area contributed by atoms with Crippen LogP contribution in [-0.2, 0) is 20.6 Å². The number of hydrogen-bond donors (Lipinski definition) is 1. The molecular weight excluding hydrogens is 440 g/mol. The van der Waals surface area contributed by atoms with Crippen LogP contribution in [0.4, 0.5) is 0 Å². The molecule has 9 heteroatoms. The fraction of sp³-hybridized carbons (Fsp3) is 0.429. The van der Waals surface area contributed by atoms with E-state index < -0.39 is 10.0 Å². The smallest absolute Gasteiger partial charge is 0.243 e. The molecule has 1 aliphatic rings. The molecule has 0 radical (unpaired) electrons. The molecule has 6 nitrogen and oxygen atoms in total. The predicted molar refractivity (Wildman–Crippen MR) is 121 cm³/mol. The molecule has 162 valence electrons. The molecule has 0 unspecified atom stereocenters. The number of amides is 1. The first-order valence-corrected chi connectivity index (χ1v) is 13.3. The molecule has 1 N–H and O–H groups in total. The van der Waals surface area contributed by atoms with Crippen molar-refractivity contribution in [2.45, 2.75) is 30.4 Å². The number of carbonyl (C=O) groups excluding carboxylic acids is 2. The van der Waals surface area contributed by atoms with Gasteiger partial charge in [0, 0.05) is 47.5 Å². The molecule has 1 aromatic carbocycles. The van der Waals surface area contributed by atoms with Crippen molar-refractivity contribution in [3.63, 3.8) is 0 Å². The third-order valence-electron chi connectivity index (χ3n) is 5.09. The standard InChI is InChI=1S/C21H26N2O4S3/c1-16(24)17-4-6-20(7-5-17)30(26,27)23-11-8-18(9-12-23)21(25)22-10-14-28-15-19-3-2-13-29-19/h2-7,13,18H,8-12,14-15H2,1H3,(H,22,25). The molecule has 1 aliphatic heterocycles. The summed E-state index contributed by atoms with van der Waals surface area (Å²) in [5, 5.41) is 5.04. The van der Waals surface area contributed by atoms with Crippen molar-refractivity contribution in [3.8, 4) is 0 Å². The Labute approximate surface area is 186 Å². The summed E-state index contributed by atoms with van der Waals surface area (Å²) >= 11 is 3.53. The maximum absolute atomic E-state index is 12.8. The lowest BCUT2D eigenvalue weighted by atomic mass is 9.97. The van der Waals surface area contributed by atoms with Gasteiger partial charge in [-0.15, -0.1) is 11.3 Å². The number of ketones is 1. The molecule has 0 bridgehead atoms. The third kappa shape index (κ3) is 5.94. The lowest BCUT2D eigenvalue weighted by molar-refractivity contribution is -0.125. The fourth-order valence-electron chi connectivity index (χ4n) is 3.33. The van der Waals surface area contributed by atoms with Gasteiger partial charge in [-0.1, -0.05) is 18.2 Å². The highest BCUT2D eigenvalue weighted by molar-refractivity contribution is 7.98. The molecule has 1 aromatic heterocycles. The number of nitrogens with one attached hydrogen (secondary N) is 1. The zero-order valence-corrected chi connectivity index (χ0v) is 19.3. The molecule has 2 heterocycles. The van der Waals surface area contributed by atoms with Crippen LogP contribution in [-0.4, -0.2) is 49.8 Å². The van der Waals surface area contributed by atoms with Gasteiger partial charge in [-0.3, -0.25) is 9.59 Å². The minimum atomic E-state index is -3.61. The van der Waals surface area contributed by atoms with Crippen LogP contribution in [0.5, 0.6) is 0 Å². The Balaban J connectivity index is 1.43. The average Bonchev–Trinajstić information content (AvgIpc) is 3.27. The summed E-state index contributed by atoms with van der Waals surface area (Å²) in [5.41, 5.74) is 0.484. The summed E-state index contributed by atoms with van der Waals surface area (Å²) in [7, 11) is -3.61. The Hall–Kier alpha value is -1.68. The molecule has 2 aromatic rings. The van der Waals surface area contributed by atoms with Crippen molar-refractivity contribution < 1.29 is 18.0 Å². The number of nitrogens with zero attached hydrogens (tertiary/aromatic N) is 1. The van der Waals surface area contributed by atoms with Gasteiger partial charge < -0.3 is 5.32 Å². The zero-order valence-electron chi connectivity index (χ0n) is 16.9. The van der Waals surface area contributed by atoms with Crippen LogP contribution >= 0.6 is 23.1 Å². The van der Waals surface area contributed by atoms with Gasteiger partial charge >= 0.3 is 0 Å². The summed E-state index contributed by atoms with van der Waals surface area (Å²) in [4.78, 5) is 25.3. The number of carbonyl (C=O) groups is 2. The topological polar surface area (TPSA) is 83.6 Å². The molecular formula is C21H26N2O4S3. The summed E-state index contributed by atoms with van der Waals surface area (Å²) in [6, 6.07) is 10.2. The molecule has 0 aliphatic carbocycles. The van der Waals surface area contributed by atoms with Crippen LogP contribution < -0.4 is 5.32 Å². The van der Waals surface area contributed by atoms with Crippen molar-refractivity contribution in [2.75, 3.05) is 25.4 Å². The summed E-state index contributed by atoms with van der Waals surface area (Å²) in [6.07, 6.45) is 1.03.